The summed E-state index contributed by atoms with van der Waals surface area (Å²) in [4.78, 5) is 28.4. The SMILES string of the molecule is COCCO[C@@H]1[C@H](OP(C)N(C(C)C)C(C)C)[C@@H](OC(c2ccccc2)(c2ccc(OC)cc2)c2ccc(OC)cc2)O[C@H]1n1cc(C)c(=O)[nH]c1=O. The van der Waals surface area contributed by atoms with E-state index in [1.807, 2.05) is 78.9 Å². The first kappa shape index (κ1) is 40.3. The molecule has 4 aromatic rings. The molecule has 2 heterocycles. The predicted octanol–water partition coefficient (Wildman–Crippen LogP) is 6.20. The molecule has 1 aliphatic rings. The van der Waals surface area contributed by atoms with Crippen molar-refractivity contribution in [3.8, 4) is 11.5 Å². The Hall–Kier alpha value is -3.87. The monoisotopic (exact) mass is 749 g/mol. The van der Waals surface area contributed by atoms with Crippen LogP contribution in [0.25, 0.3) is 0 Å². The van der Waals surface area contributed by atoms with E-state index in [2.05, 4.69) is 44.0 Å². The predicted molar refractivity (Wildman–Crippen MR) is 205 cm³/mol. The first-order chi connectivity index (χ1) is 25.4. The van der Waals surface area contributed by atoms with Crippen LogP contribution in [0.15, 0.2) is 94.6 Å². The number of nitrogens with one attached hydrogen (secondary N) is 1. The lowest BCUT2D eigenvalue weighted by Gasteiger charge is -2.41. The van der Waals surface area contributed by atoms with Crippen LogP contribution in [-0.2, 0) is 29.1 Å². The van der Waals surface area contributed by atoms with Crippen LogP contribution < -0.4 is 20.7 Å². The normalized spacial score (nSPS) is 19.6. The average molecular weight is 750 g/mol. The maximum atomic E-state index is 13.5. The van der Waals surface area contributed by atoms with Crippen molar-refractivity contribution < 1.29 is 32.9 Å². The van der Waals surface area contributed by atoms with Crippen LogP contribution in [-0.4, -0.2) is 86.0 Å². The zero-order valence-corrected chi connectivity index (χ0v) is 32.9. The third-order valence-electron chi connectivity index (χ3n) is 9.29. The van der Waals surface area contributed by atoms with E-state index in [0.717, 1.165) is 16.7 Å². The molecule has 0 amide bonds. The second-order valence-corrected chi connectivity index (χ2v) is 15.0. The molecule has 5 atom stereocenters. The molecule has 1 unspecified atom stereocenters. The van der Waals surface area contributed by atoms with E-state index in [-0.39, 0.29) is 25.3 Å². The van der Waals surface area contributed by atoms with Gasteiger partial charge in [0.2, 0.25) is 0 Å². The number of nitrogens with zero attached hydrogens (tertiary/aromatic N) is 2. The Morgan fingerprint density at radius 2 is 1.36 bits per heavy atom. The average Bonchev–Trinajstić information content (AvgIpc) is 3.47. The van der Waals surface area contributed by atoms with E-state index in [9.17, 15) is 9.59 Å². The molecule has 1 N–H and O–H groups in total. The quantitative estimate of drug-likeness (QED) is 0.0759. The molecular weight excluding hydrogens is 697 g/mol. The number of H-pyrrole nitrogens is 1. The molecule has 3 aromatic carbocycles. The Labute approximate surface area is 312 Å². The van der Waals surface area contributed by atoms with E-state index in [1.165, 1.54) is 10.8 Å². The molecule has 5 rings (SSSR count). The molecule has 1 saturated heterocycles. The van der Waals surface area contributed by atoms with Crippen molar-refractivity contribution in [1.82, 2.24) is 14.2 Å². The highest BCUT2D eigenvalue weighted by Crippen LogP contribution is 2.50. The zero-order chi connectivity index (χ0) is 38.3. The minimum Gasteiger partial charge on any atom is -0.497 e. The second-order valence-electron chi connectivity index (χ2n) is 13.4. The van der Waals surface area contributed by atoms with Crippen molar-refractivity contribution in [1.29, 1.82) is 0 Å². The fourth-order valence-electron chi connectivity index (χ4n) is 6.94. The van der Waals surface area contributed by atoms with Gasteiger partial charge >= 0.3 is 5.69 Å². The van der Waals surface area contributed by atoms with Gasteiger partial charge in [-0.15, -0.1) is 0 Å². The molecule has 0 bridgehead atoms. The zero-order valence-electron chi connectivity index (χ0n) is 32.0. The number of hydrogen-bond acceptors (Lipinski definition) is 10. The highest BCUT2D eigenvalue weighted by atomic mass is 31.2. The molecule has 53 heavy (non-hydrogen) atoms. The lowest BCUT2D eigenvalue weighted by atomic mass is 9.80. The molecular formula is C40H52N3O9P. The Balaban J connectivity index is 1.75. The third-order valence-corrected chi connectivity index (χ3v) is 11.4. The Kier molecular flexibility index (Phi) is 13.7. The van der Waals surface area contributed by atoms with Crippen molar-refractivity contribution in [3.05, 3.63) is 128 Å². The molecule has 286 valence electrons. The van der Waals surface area contributed by atoms with Gasteiger partial charge in [-0.05, 0) is 82.2 Å². The van der Waals surface area contributed by atoms with Crippen LogP contribution in [0, 0.1) is 6.92 Å². The van der Waals surface area contributed by atoms with Gasteiger partial charge in [-0.25, -0.2) is 4.79 Å². The number of benzene rings is 3. The van der Waals surface area contributed by atoms with Crippen LogP contribution in [0.2, 0.25) is 0 Å². The minimum atomic E-state index is -1.28. The van der Waals surface area contributed by atoms with Gasteiger partial charge in [0.05, 0.1) is 27.4 Å². The van der Waals surface area contributed by atoms with E-state index in [1.54, 1.807) is 28.3 Å². The number of ether oxygens (including phenoxy) is 6. The third kappa shape index (κ3) is 8.76. The molecule has 0 aliphatic carbocycles. The minimum absolute atomic E-state index is 0.169. The van der Waals surface area contributed by atoms with Crippen molar-refractivity contribution in [2.45, 2.75) is 77.0 Å². The number of aromatic amines is 1. The Bertz CT molecular complexity index is 1810. The Morgan fingerprint density at radius 1 is 0.811 bits per heavy atom. The lowest BCUT2D eigenvalue weighted by molar-refractivity contribution is -0.213. The van der Waals surface area contributed by atoms with Gasteiger partial charge in [-0.3, -0.25) is 19.0 Å². The van der Waals surface area contributed by atoms with Gasteiger partial charge in [-0.1, -0.05) is 54.6 Å². The summed E-state index contributed by atoms with van der Waals surface area (Å²) in [6.07, 6.45) is -2.38. The standard InChI is InChI=1S/C40H52N3O9P/c1-26(2)43(27(3)4)53(9)52-35-34(49-24-23-46-6)37(42-25-28(5)36(44)41-39(42)45)50-38(35)51-40(29-13-11-10-12-14-29,30-15-19-32(47-7)20-16-30)31-17-21-33(48-8)22-18-31/h10-22,25-27,34-35,37-38H,23-24H2,1-9H3,(H,41,44,45)/t34-,35+,37-,38-,53?/m1/s1. The first-order valence-electron chi connectivity index (χ1n) is 17.7. The summed E-state index contributed by atoms with van der Waals surface area (Å²) in [5.74, 6) is 1.37. The Morgan fingerprint density at radius 3 is 1.87 bits per heavy atom. The fraction of sp³-hybridized carbons (Fsp3) is 0.450. The summed E-state index contributed by atoms with van der Waals surface area (Å²) < 4.78 is 48.0. The largest absolute Gasteiger partial charge is 0.497 e. The van der Waals surface area contributed by atoms with E-state index >= 15 is 0 Å². The van der Waals surface area contributed by atoms with E-state index in [4.69, 9.17) is 32.9 Å². The van der Waals surface area contributed by atoms with Crippen LogP contribution in [0.4, 0.5) is 0 Å². The topological polar surface area (TPSA) is 123 Å². The summed E-state index contributed by atoms with van der Waals surface area (Å²) in [6, 6.07) is 25.6. The first-order valence-corrected chi connectivity index (χ1v) is 19.4. The molecule has 1 aromatic heterocycles. The molecule has 1 aliphatic heterocycles. The summed E-state index contributed by atoms with van der Waals surface area (Å²) in [7, 11) is 3.59. The van der Waals surface area contributed by atoms with Crippen molar-refractivity contribution in [2.75, 3.05) is 41.2 Å². The smallest absolute Gasteiger partial charge is 0.330 e. The molecule has 0 spiro atoms. The molecule has 0 saturated carbocycles. The summed E-state index contributed by atoms with van der Waals surface area (Å²) >= 11 is 0. The van der Waals surface area contributed by atoms with Crippen LogP contribution in [0.3, 0.4) is 0 Å². The van der Waals surface area contributed by atoms with Crippen LogP contribution >= 0.6 is 8.30 Å². The van der Waals surface area contributed by atoms with Crippen molar-refractivity contribution in [2.24, 2.45) is 0 Å². The second kappa shape index (κ2) is 18.0. The van der Waals surface area contributed by atoms with Crippen LogP contribution in [0.5, 0.6) is 11.5 Å². The number of hydrogen-bond donors (Lipinski definition) is 1. The summed E-state index contributed by atoms with van der Waals surface area (Å²) in [6.45, 7) is 12.7. The summed E-state index contributed by atoms with van der Waals surface area (Å²) in [5.41, 5.74) is 0.332. The maximum absolute atomic E-state index is 13.5. The number of aromatic nitrogens is 2. The van der Waals surface area contributed by atoms with Gasteiger partial charge < -0.3 is 32.9 Å². The molecule has 0 radical (unpaired) electrons. The molecule has 12 nitrogen and oxygen atoms in total. The van der Waals surface area contributed by atoms with Gasteiger partial charge in [0.25, 0.3) is 5.56 Å². The van der Waals surface area contributed by atoms with Gasteiger partial charge in [-0.2, -0.15) is 0 Å². The van der Waals surface area contributed by atoms with E-state index in [0.29, 0.717) is 17.1 Å². The van der Waals surface area contributed by atoms with Crippen molar-refractivity contribution >= 4 is 8.30 Å². The highest BCUT2D eigenvalue weighted by molar-refractivity contribution is 7.49. The van der Waals surface area contributed by atoms with Crippen LogP contribution in [0.1, 0.15) is 56.2 Å². The lowest BCUT2D eigenvalue weighted by Crippen LogP contribution is -2.45. The van der Waals surface area contributed by atoms with Gasteiger partial charge in [0.15, 0.2) is 12.5 Å². The number of rotatable bonds is 17. The fourth-order valence-corrected chi connectivity index (χ4v) is 8.92. The summed E-state index contributed by atoms with van der Waals surface area (Å²) in [5, 5.41) is 0. The van der Waals surface area contributed by atoms with Gasteiger partial charge in [0.1, 0.15) is 37.6 Å². The highest BCUT2D eigenvalue weighted by Gasteiger charge is 2.54. The van der Waals surface area contributed by atoms with Crippen molar-refractivity contribution in [3.63, 3.8) is 0 Å². The number of aryl methyl sites for hydroxylation is 1. The molecule has 1 fully saturated rings. The molecule has 13 heteroatoms. The van der Waals surface area contributed by atoms with Gasteiger partial charge in [0, 0.05) is 31.0 Å². The number of methoxy groups -OCH3 is 3. The van der Waals surface area contributed by atoms with E-state index < -0.39 is 49.9 Å². The maximum Gasteiger partial charge on any atom is 0.330 e.